The van der Waals surface area contributed by atoms with Gasteiger partial charge in [0.15, 0.2) is 0 Å². The van der Waals surface area contributed by atoms with E-state index in [1.165, 1.54) is 0 Å². The molecule has 0 saturated carbocycles. The van der Waals surface area contributed by atoms with E-state index in [4.69, 9.17) is 5.73 Å². The van der Waals surface area contributed by atoms with Crippen LogP contribution in [0.4, 0.5) is 0 Å². The number of aliphatic hydroxyl groups is 1. The standard InChI is InChI=1S/C9H18N4O/c1-6(7(2)14)13-5-8(11-12-13)9(3,4)10/h5-7,14H,10H2,1-4H3. The molecule has 0 aliphatic carbocycles. The maximum absolute atomic E-state index is 9.37. The Morgan fingerprint density at radius 1 is 1.50 bits per heavy atom. The lowest BCUT2D eigenvalue weighted by Crippen LogP contribution is -2.29. The van der Waals surface area contributed by atoms with Gasteiger partial charge in [0, 0.05) is 0 Å². The number of rotatable bonds is 3. The van der Waals surface area contributed by atoms with E-state index in [0.29, 0.717) is 0 Å². The van der Waals surface area contributed by atoms with Crippen LogP contribution in [0.25, 0.3) is 0 Å². The van der Waals surface area contributed by atoms with Gasteiger partial charge in [-0.05, 0) is 27.7 Å². The number of hydrogen-bond acceptors (Lipinski definition) is 4. The first-order valence-corrected chi connectivity index (χ1v) is 4.71. The van der Waals surface area contributed by atoms with Gasteiger partial charge in [0.2, 0.25) is 0 Å². The molecule has 2 atom stereocenters. The Morgan fingerprint density at radius 2 is 2.07 bits per heavy atom. The van der Waals surface area contributed by atoms with Crippen molar-refractivity contribution < 1.29 is 5.11 Å². The second-order valence-corrected chi connectivity index (χ2v) is 4.29. The quantitative estimate of drug-likeness (QED) is 0.737. The number of aromatic nitrogens is 3. The van der Waals surface area contributed by atoms with E-state index in [2.05, 4.69) is 10.3 Å². The van der Waals surface area contributed by atoms with Gasteiger partial charge in [0.05, 0.1) is 23.9 Å². The van der Waals surface area contributed by atoms with Gasteiger partial charge < -0.3 is 10.8 Å². The average Bonchev–Trinajstić information content (AvgIpc) is 2.49. The summed E-state index contributed by atoms with van der Waals surface area (Å²) in [7, 11) is 0. The summed E-state index contributed by atoms with van der Waals surface area (Å²) in [6, 6.07) is -0.0846. The average molecular weight is 198 g/mol. The fourth-order valence-corrected chi connectivity index (χ4v) is 0.992. The largest absolute Gasteiger partial charge is 0.391 e. The van der Waals surface area contributed by atoms with Crippen LogP contribution in [0.1, 0.15) is 39.4 Å². The molecule has 0 fully saturated rings. The second kappa shape index (κ2) is 3.67. The fraction of sp³-hybridized carbons (Fsp3) is 0.778. The zero-order valence-corrected chi connectivity index (χ0v) is 9.10. The predicted molar refractivity (Wildman–Crippen MR) is 53.6 cm³/mol. The molecule has 0 spiro atoms. The number of aliphatic hydroxyl groups excluding tert-OH is 1. The summed E-state index contributed by atoms with van der Waals surface area (Å²) in [5.74, 6) is 0. The van der Waals surface area contributed by atoms with Gasteiger partial charge in [-0.1, -0.05) is 5.21 Å². The van der Waals surface area contributed by atoms with E-state index in [1.54, 1.807) is 17.8 Å². The zero-order valence-electron chi connectivity index (χ0n) is 9.10. The van der Waals surface area contributed by atoms with Crippen molar-refractivity contribution in [1.82, 2.24) is 15.0 Å². The van der Waals surface area contributed by atoms with E-state index in [1.807, 2.05) is 20.8 Å². The van der Waals surface area contributed by atoms with Gasteiger partial charge in [-0.25, -0.2) is 4.68 Å². The lowest BCUT2D eigenvalue weighted by Gasteiger charge is -2.15. The Morgan fingerprint density at radius 3 is 2.43 bits per heavy atom. The maximum atomic E-state index is 9.37. The second-order valence-electron chi connectivity index (χ2n) is 4.29. The summed E-state index contributed by atoms with van der Waals surface area (Å²) in [4.78, 5) is 0. The molecule has 1 rings (SSSR count). The van der Waals surface area contributed by atoms with E-state index in [9.17, 15) is 5.11 Å². The molecule has 2 unspecified atom stereocenters. The molecule has 0 aliphatic rings. The molecule has 5 nitrogen and oxygen atoms in total. The lowest BCUT2D eigenvalue weighted by atomic mass is 10.0. The summed E-state index contributed by atoms with van der Waals surface area (Å²) in [6.45, 7) is 7.34. The molecule has 0 aromatic carbocycles. The van der Waals surface area contributed by atoms with Crippen LogP contribution in [-0.4, -0.2) is 26.2 Å². The van der Waals surface area contributed by atoms with Crippen LogP contribution in [0.2, 0.25) is 0 Å². The number of nitrogens with two attached hydrogens (primary N) is 1. The van der Waals surface area contributed by atoms with Crippen LogP contribution in [0.3, 0.4) is 0 Å². The van der Waals surface area contributed by atoms with Crippen molar-refractivity contribution in [3.05, 3.63) is 11.9 Å². The molecule has 0 amide bonds. The van der Waals surface area contributed by atoms with Crippen molar-refractivity contribution in [2.45, 2.75) is 45.4 Å². The van der Waals surface area contributed by atoms with Crippen molar-refractivity contribution in [2.75, 3.05) is 0 Å². The first-order valence-electron chi connectivity index (χ1n) is 4.71. The Bertz CT molecular complexity index is 300. The first-order chi connectivity index (χ1) is 6.32. The summed E-state index contributed by atoms with van der Waals surface area (Å²) in [5.41, 5.74) is 6.11. The van der Waals surface area contributed by atoms with Crippen LogP contribution >= 0.6 is 0 Å². The van der Waals surface area contributed by atoms with E-state index >= 15 is 0 Å². The number of nitrogens with zero attached hydrogens (tertiary/aromatic N) is 3. The van der Waals surface area contributed by atoms with E-state index in [0.717, 1.165) is 5.69 Å². The van der Waals surface area contributed by atoms with Gasteiger partial charge in [0.1, 0.15) is 5.69 Å². The Hall–Kier alpha value is -0.940. The van der Waals surface area contributed by atoms with Gasteiger partial charge in [0.25, 0.3) is 0 Å². The van der Waals surface area contributed by atoms with Gasteiger partial charge in [-0.15, -0.1) is 5.10 Å². The highest BCUT2D eigenvalue weighted by Gasteiger charge is 2.20. The minimum absolute atomic E-state index is 0.0846. The van der Waals surface area contributed by atoms with Crippen LogP contribution in [0, 0.1) is 0 Å². The normalized spacial score (nSPS) is 16.7. The summed E-state index contributed by atoms with van der Waals surface area (Å²) >= 11 is 0. The monoisotopic (exact) mass is 198 g/mol. The third-order valence-electron chi connectivity index (χ3n) is 2.29. The minimum atomic E-state index is -0.489. The Kier molecular flexibility index (Phi) is 2.92. The van der Waals surface area contributed by atoms with Crippen molar-refractivity contribution in [3.8, 4) is 0 Å². The van der Waals surface area contributed by atoms with Crippen LogP contribution in [0.15, 0.2) is 6.20 Å². The predicted octanol–water partition coefficient (Wildman–Crippen LogP) is 0.414. The molecule has 80 valence electrons. The SMILES string of the molecule is CC(O)C(C)n1cc(C(C)(C)N)nn1. The molecule has 0 saturated heterocycles. The summed E-state index contributed by atoms with van der Waals surface area (Å²) in [6.07, 6.45) is 1.32. The number of hydrogen-bond donors (Lipinski definition) is 2. The third-order valence-corrected chi connectivity index (χ3v) is 2.29. The van der Waals surface area contributed by atoms with Crippen molar-refractivity contribution in [1.29, 1.82) is 0 Å². The summed E-state index contributed by atoms with van der Waals surface area (Å²) < 4.78 is 1.63. The Balaban J connectivity index is 2.89. The highest BCUT2D eigenvalue weighted by atomic mass is 16.3. The topological polar surface area (TPSA) is 77.0 Å². The van der Waals surface area contributed by atoms with Crippen LogP contribution < -0.4 is 5.73 Å². The first kappa shape index (κ1) is 11.1. The maximum Gasteiger partial charge on any atom is 0.102 e. The fourth-order valence-electron chi connectivity index (χ4n) is 0.992. The third kappa shape index (κ3) is 2.30. The summed E-state index contributed by atoms with van der Waals surface area (Å²) in [5, 5.41) is 17.3. The zero-order chi connectivity index (χ0) is 10.9. The lowest BCUT2D eigenvalue weighted by molar-refractivity contribution is 0.131. The molecule has 14 heavy (non-hydrogen) atoms. The van der Waals surface area contributed by atoms with E-state index < -0.39 is 11.6 Å². The van der Waals surface area contributed by atoms with Crippen LogP contribution in [-0.2, 0) is 5.54 Å². The molecule has 0 aliphatic heterocycles. The smallest absolute Gasteiger partial charge is 0.102 e. The van der Waals surface area contributed by atoms with Gasteiger partial charge in [-0.2, -0.15) is 0 Å². The van der Waals surface area contributed by atoms with E-state index in [-0.39, 0.29) is 6.04 Å². The molecule has 1 heterocycles. The molecule has 1 aromatic heterocycles. The Labute approximate surface area is 83.9 Å². The molecule has 1 aromatic rings. The minimum Gasteiger partial charge on any atom is -0.391 e. The highest BCUT2D eigenvalue weighted by molar-refractivity contribution is 5.06. The molecule has 0 bridgehead atoms. The van der Waals surface area contributed by atoms with Gasteiger partial charge >= 0.3 is 0 Å². The molecule has 5 heteroatoms. The van der Waals surface area contributed by atoms with Crippen LogP contribution in [0.5, 0.6) is 0 Å². The molecular weight excluding hydrogens is 180 g/mol. The van der Waals surface area contributed by atoms with Crippen molar-refractivity contribution >= 4 is 0 Å². The molecule has 3 N–H and O–H groups in total. The molecule has 0 radical (unpaired) electrons. The molecular formula is C9H18N4O. The van der Waals surface area contributed by atoms with Gasteiger partial charge in [-0.3, -0.25) is 0 Å². The van der Waals surface area contributed by atoms with Crippen molar-refractivity contribution in [2.24, 2.45) is 5.73 Å². The van der Waals surface area contributed by atoms with Crippen molar-refractivity contribution in [3.63, 3.8) is 0 Å². The highest BCUT2D eigenvalue weighted by Crippen LogP contribution is 2.16.